The molecule has 96 valence electrons. The summed E-state index contributed by atoms with van der Waals surface area (Å²) in [6, 6.07) is 5.78. The third-order valence-electron chi connectivity index (χ3n) is 2.23. The van der Waals surface area contributed by atoms with E-state index in [1.54, 1.807) is 0 Å². The number of aromatic nitrogens is 2. The van der Waals surface area contributed by atoms with Gasteiger partial charge in [0.05, 0.1) is 23.7 Å². The fourth-order valence-electron chi connectivity index (χ4n) is 1.29. The van der Waals surface area contributed by atoms with Gasteiger partial charge in [-0.3, -0.25) is 14.9 Å². The number of carbonyl (C=O) groups excluding carboxylic acids is 1. The standard InChI is InChI=1S/C11H9N5O3/c17-11(10-6-12-7-13-10)15-14-5-8-1-3-9(4-2-8)16(18)19/h1-7H,(H,12,13)(H,15,17)/b14-5-. The topological polar surface area (TPSA) is 113 Å². The van der Waals surface area contributed by atoms with Gasteiger partial charge in [0.1, 0.15) is 5.69 Å². The van der Waals surface area contributed by atoms with Crippen molar-refractivity contribution in [1.29, 1.82) is 0 Å². The SMILES string of the molecule is O=C(N/N=C\c1ccc([N+](=O)[O-])cc1)c1cnc[nH]1. The third kappa shape index (κ3) is 3.22. The van der Waals surface area contributed by atoms with E-state index in [0.717, 1.165) is 0 Å². The first-order chi connectivity index (χ1) is 9.16. The summed E-state index contributed by atoms with van der Waals surface area (Å²) in [6.45, 7) is 0. The van der Waals surface area contributed by atoms with Crippen LogP contribution in [0.4, 0.5) is 5.69 Å². The lowest BCUT2D eigenvalue weighted by Gasteiger charge is -1.96. The molecule has 0 unspecified atom stereocenters. The summed E-state index contributed by atoms with van der Waals surface area (Å²) < 4.78 is 0. The molecule has 2 rings (SSSR count). The average Bonchev–Trinajstić information content (AvgIpc) is 2.93. The molecule has 0 radical (unpaired) electrons. The average molecular weight is 259 g/mol. The Balaban J connectivity index is 1.95. The van der Waals surface area contributed by atoms with Gasteiger partial charge in [-0.15, -0.1) is 0 Å². The van der Waals surface area contributed by atoms with Gasteiger partial charge in [0.2, 0.25) is 0 Å². The largest absolute Gasteiger partial charge is 0.341 e. The molecule has 2 N–H and O–H groups in total. The lowest BCUT2D eigenvalue weighted by Crippen LogP contribution is -2.17. The molecule has 0 atom stereocenters. The van der Waals surface area contributed by atoms with Crippen LogP contribution in [0.3, 0.4) is 0 Å². The number of nitrogens with zero attached hydrogens (tertiary/aromatic N) is 3. The summed E-state index contributed by atoms with van der Waals surface area (Å²) in [5.74, 6) is -0.421. The van der Waals surface area contributed by atoms with E-state index in [4.69, 9.17) is 0 Å². The van der Waals surface area contributed by atoms with Crippen LogP contribution in [0.5, 0.6) is 0 Å². The van der Waals surface area contributed by atoms with E-state index in [9.17, 15) is 14.9 Å². The molecule has 0 fully saturated rings. The Morgan fingerprint density at radius 2 is 2.16 bits per heavy atom. The second-order valence-electron chi connectivity index (χ2n) is 3.51. The van der Waals surface area contributed by atoms with Crippen molar-refractivity contribution in [3.05, 3.63) is 58.2 Å². The van der Waals surface area contributed by atoms with Crippen LogP contribution in [0.1, 0.15) is 16.1 Å². The molecule has 0 aliphatic heterocycles. The summed E-state index contributed by atoms with van der Waals surface area (Å²) in [5, 5.41) is 14.2. The minimum atomic E-state index is -0.485. The number of H-pyrrole nitrogens is 1. The van der Waals surface area contributed by atoms with Crippen LogP contribution in [-0.4, -0.2) is 27.0 Å². The molecule has 8 heteroatoms. The first-order valence-electron chi connectivity index (χ1n) is 5.23. The van der Waals surface area contributed by atoms with Gasteiger partial charge in [0.25, 0.3) is 11.6 Å². The minimum absolute atomic E-state index is 0.00125. The highest BCUT2D eigenvalue weighted by molar-refractivity contribution is 5.92. The molecular weight excluding hydrogens is 250 g/mol. The first-order valence-corrected chi connectivity index (χ1v) is 5.23. The van der Waals surface area contributed by atoms with Gasteiger partial charge in [-0.25, -0.2) is 10.4 Å². The zero-order valence-electron chi connectivity index (χ0n) is 9.61. The highest BCUT2D eigenvalue weighted by Gasteiger charge is 2.04. The Labute approximate surface area is 107 Å². The number of nitrogens with one attached hydrogen (secondary N) is 2. The number of hydrogen-bond donors (Lipinski definition) is 2. The lowest BCUT2D eigenvalue weighted by molar-refractivity contribution is -0.384. The van der Waals surface area contributed by atoms with Gasteiger partial charge in [0.15, 0.2) is 0 Å². The third-order valence-corrected chi connectivity index (χ3v) is 2.23. The molecule has 0 bridgehead atoms. The predicted molar refractivity (Wildman–Crippen MR) is 66.7 cm³/mol. The minimum Gasteiger partial charge on any atom is -0.341 e. The van der Waals surface area contributed by atoms with Gasteiger partial charge in [0, 0.05) is 12.1 Å². The van der Waals surface area contributed by atoms with E-state index in [0.29, 0.717) is 11.3 Å². The Hall–Kier alpha value is -3.03. The van der Waals surface area contributed by atoms with Crippen molar-refractivity contribution in [2.24, 2.45) is 5.10 Å². The van der Waals surface area contributed by atoms with Gasteiger partial charge < -0.3 is 4.98 Å². The van der Waals surface area contributed by atoms with Crippen LogP contribution < -0.4 is 5.43 Å². The van der Waals surface area contributed by atoms with Crippen molar-refractivity contribution in [2.45, 2.75) is 0 Å². The van der Waals surface area contributed by atoms with Crippen molar-refractivity contribution in [2.75, 3.05) is 0 Å². The Morgan fingerprint density at radius 1 is 1.42 bits per heavy atom. The molecule has 1 heterocycles. The van der Waals surface area contributed by atoms with Gasteiger partial charge in [-0.1, -0.05) is 0 Å². The number of nitro groups is 1. The number of rotatable bonds is 4. The Kier molecular flexibility index (Phi) is 3.62. The van der Waals surface area contributed by atoms with Crippen molar-refractivity contribution < 1.29 is 9.72 Å². The number of hydrogen-bond acceptors (Lipinski definition) is 5. The summed E-state index contributed by atoms with van der Waals surface area (Å²) in [6.07, 6.45) is 4.14. The number of nitro benzene ring substituents is 1. The molecule has 1 aromatic carbocycles. The van der Waals surface area contributed by atoms with E-state index < -0.39 is 10.8 Å². The number of non-ortho nitro benzene ring substituents is 1. The number of carbonyl (C=O) groups is 1. The first kappa shape index (κ1) is 12.4. The van der Waals surface area contributed by atoms with Gasteiger partial charge in [-0.05, 0) is 17.7 Å². The van der Waals surface area contributed by atoms with Crippen LogP contribution in [0, 0.1) is 10.1 Å². The van der Waals surface area contributed by atoms with E-state index in [-0.39, 0.29) is 5.69 Å². The number of aromatic amines is 1. The van der Waals surface area contributed by atoms with Crippen molar-refractivity contribution in [3.8, 4) is 0 Å². The summed E-state index contributed by atoms with van der Waals surface area (Å²) in [5.41, 5.74) is 3.22. The lowest BCUT2D eigenvalue weighted by atomic mass is 10.2. The molecular formula is C11H9N5O3. The van der Waals surface area contributed by atoms with Gasteiger partial charge in [-0.2, -0.15) is 5.10 Å². The second kappa shape index (κ2) is 5.54. The van der Waals surface area contributed by atoms with E-state index in [1.165, 1.54) is 43.0 Å². The zero-order valence-corrected chi connectivity index (χ0v) is 9.61. The highest BCUT2D eigenvalue weighted by Crippen LogP contribution is 2.10. The van der Waals surface area contributed by atoms with Crippen LogP contribution in [0.2, 0.25) is 0 Å². The van der Waals surface area contributed by atoms with Gasteiger partial charge >= 0.3 is 0 Å². The van der Waals surface area contributed by atoms with E-state index in [1.807, 2.05) is 0 Å². The summed E-state index contributed by atoms with van der Waals surface area (Å²) >= 11 is 0. The molecule has 0 aliphatic carbocycles. The molecule has 0 spiro atoms. The van der Waals surface area contributed by atoms with Crippen molar-refractivity contribution >= 4 is 17.8 Å². The molecule has 19 heavy (non-hydrogen) atoms. The van der Waals surface area contributed by atoms with Crippen LogP contribution in [0.15, 0.2) is 41.9 Å². The second-order valence-corrected chi connectivity index (χ2v) is 3.51. The molecule has 0 saturated heterocycles. The number of benzene rings is 1. The van der Waals surface area contributed by atoms with Crippen LogP contribution >= 0.6 is 0 Å². The molecule has 2 aromatic rings. The predicted octanol–water partition coefficient (Wildman–Crippen LogP) is 1.08. The Bertz CT molecular complexity index is 604. The maximum Gasteiger partial charge on any atom is 0.289 e. The quantitative estimate of drug-likeness (QED) is 0.485. The maximum atomic E-state index is 11.5. The normalized spacial score (nSPS) is 10.5. The number of hydrazone groups is 1. The molecule has 0 saturated carbocycles. The number of amides is 1. The molecule has 1 aromatic heterocycles. The van der Waals surface area contributed by atoms with Crippen molar-refractivity contribution in [1.82, 2.24) is 15.4 Å². The summed E-state index contributed by atoms with van der Waals surface area (Å²) in [4.78, 5) is 27.8. The fraction of sp³-hybridized carbons (Fsp3) is 0. The fourth-order valence-corrected chi connectivity index (χ4v) is 1.29. The van der Waals surface area contributed by atoms with E-state index >= 15 is 0 Å². The number of imidazole rings is 1. The maximum absolute atomic E-state index is 11.5. The van der Waals surface area contributed by atoms with E-state index in [2.05, 4.69) is 20.5 Å². The van der Waals surface area contributed by atoms with Crippen molar-refractivity contribution in [3.63, 3.8) is 0 Å². The zero-order chi connectivity index (χ0) is 13.7. The Morgan fingerprint density at radius 3 is 2.74 bits per heavy atom. The monoisotopic (exact) mass is 259 g/mol. The van der Waals surface area contributed by atoms with Crippen LogP contribution in [0.25, 0.3) is 0 Å². The molecule has 8 nitrogen and oxygen atoms in total. The highest BCUT2D eigenvalue weighted by atomic mass is 16.6. The van der Waals surface area contributed by atoms with Crippen LogP contribution in [-0.2, 0) is 0 Å². The smallest absolute Gasteiger partial charge is 0.289 e. The summed E-state index contributed by atoms with van der Waals surface area (Å²) in [7, 11) is 0. The molecule has 1 amide bonds. The molecule has 0 aliphatic rings.